The van der Waals surface area contributed by atoms with E-state index in [1.54, 1.807) is 6.91 Å². The molecule has 5 heteroatoms. The first-order chi connectivity index (χ1) is 4.70. The van der Waals surface area contributed by atoms with Crippen LogP contribution < -0.4 is 0 Å². The van der Waals surface area contributed by atoms with E-state index in [0.717, 1.165) is 3.57 Å². The topological polar surface area (TPSA) is 43.1 Å². The van der Waals surface area contributed by atoms with E-state index in [4.69, 9.17) is 0 Å². The standard InChI is InChI=1S/C5H3BINO2/c7-4-1-5(8(9)10)3-6-2-4/h1-3H. The molecule has 0 unspecified atom stereocenters. The molecule has 0 saturated carbocycles. The molecule has 0 aliphatic heterocycles. The van der Waals surface area contributed by atoms with Gasteiger partial charge in [0.25, 0.3) is 0 Å². The molecular formula is C5H3BINO2. The molecule has 0 amide bonds. The van der Waals surface area contributed by atoms with Crippen LogP contribution in [0.25, 0.3) is 0 Å². The molecule has 0 spiro atoms. The van der Waals surface area contributed by atoms with Gasteiger partial charge in [-0.05, 0) is 0 Å². The van der Waals surface area contributed by atoms with Crippen molar-refractivity contribution in [3.63, 3.8) is 0 Å². The summed E-state index contributed by atoms with van der Waals surface area (Å²) in [5.41, 5.74) is 0.145. The number of hydrogen-bond donors (Lipinski definition) is 0. The zero-order chi connectivity index (χ0) is 7.56. The van der Waals surface area contributed by atoms with Crippen molar-refractivity contribution in [3.8, 4) is 0 Å². The molecule has 1 aromatic heterocycles. The normalized spacial score (nSPS) is 8.90. The molecule has 0 aliphatic rings. The predicted octanol–water partition coefficient (Wildman–Crippen LogP) is 1.54. The molecule has 1 aromatic rings. The van der Waals surface area contributed by atoms with Gasteiger partial charge < -0.3 is 0 Å². The van der Waals surface area contributed by atoms with Gasteiger partial charge in [-0.1, -0.05) is 0 Å². The minimum atomic E-state index is -0.401. The molecule has 50 valence electrons. The third-order valence-electron chi connectivity index (χ3n) is 1.02. The molecular weight excluding hydrogens is 244 g/mol. The Morgan fingerprint density at radius 3 is 2.70 bits per heavy atom. The molecule has 0 fully saturated rings. The van der Waals surface area contributed by atoms with E-state index in [1.165, 1.54) is 12.0 Å². The first-order valence-electron chi connectivity index (χ1n) is 2.60. The van der Waals surface area contributed by atoms with E-state index in [2.05, 4.69) is 0 Å². The fourth-order valence-corrected chi connectivity index (χ4v) is 1.12. The summed E-state index contributed by atoms with van der Waals surface area (Å²) in [5, 5.41) is 10.2. The molecule has 0 saturated heterocycles. The zero-order valence-electron chi connectivity index (χ0n) is 4.95. The second-order valence-electron chi connectivity index (χ2n) is 1.74. The van der Waals surface area contributed by atoms with Crippen molar-refractivity contribution in [2.75, 3.05) is 0 Å². The third-order valence-corrected chi connectivity index (χ3v) is 1.69. The average Bonchev–Trinajstić information content (AvgIpc) is 1.88. The average molecular weight is 247 g/mol. The Balaban J connectivity index is 3.07. The number of rotatable bonds is 1. The van der Waals surface area contributed by atoms with Crippen LogP contribution in [0.3, 0.4) is 0 Å². The van der Waals surface area contributed by atoms with E-state index in [1.807, 2.05) is 28.6 Å². The summed E-state index contributed by atoms with van der Waals surface area (Å²) < 4.78 is 0.881. The number of nitrogens with zero attached hydrogens (tertiary/aromatic N) is 1. The van der Waals surface area contributed by atoms with E-state index in [0.29, 0.717) is 0 Å². The summed E-state index contributed by atoms with van der Waals surface area (Å²) in [6, 6.07) is 1.53. The molecule has 0 aromatic carbocycles. The fourth-order valence-electron chi connectivity index (χ4n) is 0.590. The molecule has 3 nitrogen and oxygen atoms in total. The van der Waals surface area contributed by atoms with E-state index < -0.39 is 4.92 Å². The van der Waals surface area contributed by atoms with Crippen LogP contribution in [-0.4, -0.2) is 11.8 Å². The Labute approximate surface area is 71.9 Å². The number of halogens is 1. The van der Waals surface area contributed by atoms with Gasteiger partial charge >= 0.3 is 71.8 Å². The SMILES string of the molecule is O=[N+]([O-])c1cbcc(I)c1. The van der Waals surface area contributed by atoms with Gasteiger partial charge in [0.05, 0.1) is 0 Å². The summed E-state index contributed by atoms with van der Waals surface area (Å²) in [6.07, 6.45) is 0. The van der Waals surface area contributed by atoms with Gasteiger partial charge in [0.15, 0.2) is 0 Å². The number of hydrogen-bond acceptors (Lipinski definition) is 2. The van der Waals surface area contributed by atoms with Crippen molar-refractivity contribution >= 4 is 35.2 Å². The van der Waals surface area contributed by atoms with E-state index >= 15 is 0 Å². The Kier molecular flexibility index (Phi) is 2.36. The van der Waals surface area contributed by atoms with Crippen LogP contribution in [0, 0.1) is 13.7 Å². The molecule has 1 rings (SSSR count). The van der Waals surface area contributed by atoms with Gasteiger partial charge in [0.1, 0.15) is 0 Å². The fraction of sp³-hybridized carbons (Fsp3) is 0. The monoisotopic (exact) mass is 247 g/mol. The molecule has 1 heterocycles. The molecule has 0 bridgehead atoms. The van der Waals surface area contributed by atoms with E-state index in [9.17, 15) is 10.1 Å². The summed E-state index contributed by atoms with van der Waals surface area (Å²) in [7, 11) is 0. The maximum atomic E-state index is 10.2. The third kappa shape index (κ3) is 1.76. The van der Waals surface area contributed by atoms with Crippen LogP contribution in [-0.2, 0) is 0 Å². The van der Waals surface area contributed by atoms with E-state index in [-0.39, 0.29) is 5.69 Å². The molecule has 0 atom stereocenters. The molecule has 0 radical (unpaired) electrons. The van der Waals surface area contributed by atoms with Crippen LogP contribution in [0.5, 0.6) is 0 Å². The Bertz CT molecular complexity index is 266. The Morgan fingerprint density at radius 2 is 2.30 bits per heavy atom. The van der Waals surface area contributed by atoms with Crippen LogP contribution >= 0.6 is 22.6 Å². The van der Waals surface area contributed by atoms with Gasteiger partial charge in [0.2, 0.25) is 0 Å². The van der Waals surface area contributed by atoms with Crippen LogP contribution in [0.2, 0.25) is 0 Å². The Hall–Kier alpha value is -0.455. The van der Waals surface area contributed by atoms with Crippen molar-refractivity contribution in [1.82, 2.24) is 0 Å². The van der Waals surface area contributed by atoms with Crippen molar-refractivity contribution in [2.45, 2.75) is 0 Å². The van der Waals surface area contributed by atoms with Crippen molar-refractivity contribution in [1.29, 1.82) is 0 Å². The van der Waals surface area contributed by atoms with Gasteiger partial charge in [-0.2, -0.15) is 0 Å². The van der Waals surface area contributed by atoms with Crippen LogP contribution in [0.15, 0.2) is 18.0 Å². The first kappa shape index (κ1) is 7.65. The number of nitro groups is 1. The minimum absolute atomic E-state index is 0.145. The van der Waals surface area contributed by atoms with Crippen molar-refractivity contribution in [3.05, 3.63) is 31.7 Å². The van der Waals surface area contributed by atoms with Gasteiger partial charge in [0, 0.05) is 0 Å². The summed E-state index contributed by atoms with van der Waals surface area (Å²) in [6.45, 7) is 1.67. The molecule has 10 heavy (non-hydrogen) atoms. The second-order valence-corrected chi connectivity index (χ2v) is 2.98. The summed E-state index contributed by atoms with van der Waals surface area (Å²) >= 11 is 2.03. The maximum absolute atomic E-state index is 10.2. The van der Waals surface area contributed by atoms with Crippen LogP contribution in [0.1, 0.15) is 0 Å². The quantitative estimate of drug-likeness (QED) is 0.429. The van der Waals surface area contributed by atoms with Crippen molar-refractivity contribution < 1.29 is 4.92 Å². The van der Waals surface area contributed by atoms with Crippen molar-refractivity contribution in [2.24, 2.45) is 0 Å². The first-order valence-corrected chi connectivity index (χ1v) is 3.68. The van der Waals surface area contributed by atoms with Crippen LogP contribution in [0.4, 0.5) is 5.69 Å². The molecule has 0 N–H and O–H groups in total. The van der Waals surface area contributed by atoms with Gasteiger partial charge in [-0.25, -0.2) is 0 Å². The zero-order valence-corrected chi connectivity index (χ0v) is 7.11. The van der Waals surface area contributed by atoms with Gasteiger partial charge in [-0.15, -0.1) is 0 Å². The molecule has 0 aliphatic carbocycles. The van der Waals surface area contributed by atoms with Gasteiger partial charge in [-0.3, -0.25) is 0 Å². The predicted molar refractivity (Wildman–Crippen MR) is 47.2 cm³/mol. The second kappa shape index (κ2) is 3.09. The Morgan fingerprint density at radius 1 is 1.60 bits per heavy atom. The summed E-state index contributed by atoms with van der Waals surface area (Å²) in [5.74, 6) is 3.29. The summed E-state index contributed by atoms with van der Waals surface area (Å²) in [4.78, 5) is 9.75.